The lowest BCUT2D eigenvalue weighted by molar-refractivity contribution is 0.687. The average molecular weight is 602 g/mol. The summed E-state index contributed by atoms with van der Waals surface area (Å²) in [5.41, 5.74) is 14.1. The van der Waals surface area contributed by atoms with Crippen molar-refractivity contribution in [2.24, 2.45) is 5.92 Å². The van der Waals surface area contributed by atoms with Crippen LogP contribution < -0.4 is 0 Å². The van der Waals surface area contributed by atoms with E-state index in [0.717, 1.165) is 17.8 Å². The van der Waals surface area contributed by atoms with E-state index in [2.05, 4.69) is 162 Å². The minimum atomic E-state index is 0.346. The van der Waals surface area contributed by atoms with Crippen molar-refractivity contribution in [1.82, 2.24) is 9.13 Å². The number of nitrogens with zero attached hydrogens (tertiary/aromatic N) is 3. The minimum absolute atomic E-state index is 0.346. The molecule has 3 nitrogen and oxygen atoms in total. The number of aromatic nitrogens is 2. The molecule has 2 aromatic heterocycles. The molecular weight excluding hydrogens is 571 g/mol. The third kappa shape index (κ3) is 4.19. The molecule has 1 aliphatic carbocycles. The lowest BCUT2D eigenvalue weighted by Gasteiger charge is -2.24. The van der Waals surface area contributed by atoms with Crippen LogP contribution in [0.25, 0.3) is 60.8 Å². The quantitative estimate of drug-likeness (QED) is 0.198. The van der Waals surface area contributed by atoms with Crippen LogP contribution in [0.15, 0.2) is 152 Å². The molecule has 1 atom stereocenters. The van der Waals surface area contributed by atoms with Crippen LogP contribution in [0.4, 0.5) is 0 Å². The van der Waals surface area contributed by atoms with Gasteiger partial charge in [0.25, 0.3) is 0 Å². The molecule has 8 aromatic rings. The highest BCUT2D eigenvalue weighted by molar-refractivity contribution is 6.15. The van der Waals surface area contributed by atoms with E-state index in [1.165, 1.54) is 66.2 Å². The summed E-state index contributed by atoms with van der Waals surface area (Å²) in [5, 5.41) is 13.2. The second-order valence-corrected chi connectivity index (χ2v) is 12.5. The van der Waals surface area contributed by atoms with E-state index < -0.39 is 0 Å². The van der Waals surface area contributed by atoms with Gasteiger partial charge in [0, 0.05) is 44.4 Å². The van der Waals surface area contributed by atoms with Crippen LogP contribution in [0.2, 0.25) is 0 Å². The van der Waals surface area contributed by atoms with Gasteiger partial charge in [-0.25, -0.2) is 0 Å². The van der Waals surface area contributed by atoms with Crippen LogP contribution >= 0.6 is 0 Å². The van der Waals surface area contributed by atoms with Crippen LogP contribution in [0, 0.1) is 17.2 Å². The van der Waals surface area contributed by atoms with Crippen molar-refractivity contribution in [2.75, 3.05) is 0 Å². The Morgan fingerprint density at radius 2 is 1.15 bits per heavy atom. The molecule has 0 amide bonds. The number of hydrogen-bond donors (Lipinski definition) is 0. The second kappa shape index (κ2) is 10.8. The fraction of sp³-hybridized carbons (Fsp3) is 0.0682. The van der Waals surface area contributed by atoms with Crippen LogP contribution in [0.3, 0.4) is 0 Å². The maximum atomic E-state index is 9.46. The summed E-state index contributed by atoms with van der Waals surface area (Å²) in [6, 6.07) is 54.1. The normalized spacial score (nSPS) is 14.3. The van der Waals surface area contributed by atoms with Crippen molar-refractivity contribution in [1.29, 1.82) is 5.26 Å². The van der Waals surface area contributed by atoms with Gasteiger partial charge in [-0.15, -0.1) is 0 Å². The number of benzene rings is 6. The number of nitriles is 1. The van der Waals surface area contributed by atoms with Crippen LogP contribution in [-0.2, 0) is 6.42 Å². The topological polar surface area (TPSA) is 33.6 Å². The molecule has 0 bridgehead atoms. The molecule has 1 unspecified atom stereocenters. The van der Waals surface area contributed by atoms with Gasteiger partial charge < -0.3 is 9.13 Å². The van der Waals surface area contributed by atoms with E-state index in [1.54, 1.807) is 0 Å². The Hall–Kier alpha value is -6.11. The number of allylic oxidation sites excluding steroid dienone is 1. The highest BCUT2D eigenvalue weighted by Crippen LogP contribution is 2.46. The summed E-state index contributed by atoms with van der Waals surface area (Å²) in [6.45, 7) is 2.32. The Balaban J connectivity index is 1.33. The molecule has 3 heteroatoms. The monoisotopic (exact) mass is 601 g/mol. The Morgan fingerprint density at radius 1 is 0.553 bits per heavy atom. The van der Waals surface area contributed by atoms with Crippen molar-refractivity contribution in [2.45, 2.75) is 13.3 Å². The first kappa shape index (κ1) is 27.2. The Bertz CT molecular complexity index is 2550. The van der Waals surface area contributed by atoms with E-state index in [0.29, 0.717) is 11.5 Å². The zero-order valence-electron chi connectivity index (χ0n) is 26.1. The van der Waals surface area contributed by atoms with Crippen molar-refractivity contribution < 1.29 is 0 Å². The number of rotatable bonds is 4. The van der Waals surface area contributed by atoms with E-state index in [1.807, 2.05) is 12.1 Å². The summed E-state index contributed by atoms with van der Waals surface area (Å²) in [7, 11) is 0. The first-order valence-corrected chi connectivity index (χ1v) is 16.2. The third-order valence-corrected chi connectivity index (χ3v) is 9.68. The molecule has 9 rings (SSSR count). The second-order valence-electron chi connectivity index (χ2n) is 12.5. The zero-order valence-corrected chi connectivity index (χ0v) is 26.1. The zero-order chi connectivity index (χ0) is 31.5. The standard InChI is InChI=1S/C44H31N3/c1-29-26-39(43-38-17-8-10-21-41(38)46(42(43)27-29)32-24-22-30(28-45)23-25-32)34-15-6-5-14-33(34)36-18-11-19-37-35-16-7-9-20-40(35)47(44(36)37)31-12-3-2-4-13-31/h2-26,29H,27H2,1H3. The Kier molecular flexibility index (Phi) is 6.23. The minimum Gasteiger partial charge on any atom is -0.313 e. The van der Waals surface area contributed by atoms with E-state index >= 15 is 0 Å². The highest BCUT2D eigenvalue weighted by Gasteiger charge is 2.28. The average Bonchev–Trinajstić information content (AvgIpc) is 3.65. The highest BCUT2D eigenvalue weighted by atomic mass is 15.0. The van der Waals surface area contributed by atoms with Gasteiger partial charge in [0.1, 0.15) is 0 Å². The first-order valence-electron chi connectivity index (χ1n) is 16.2. The van der Waals surface area contributed by atoms with Gasteiger partial charge in [0.2, 0.25) is 0 Å². The molecule has 222 valence electrons. The summed E-state index contributed by atoms with van der Waals surface area (Å²) in [6.07, 6.45) is 3.41. The SMILES string of the molecule is CC1C=C(c2ccccc2-c2cccc3c4ccccc4n(-c4ccccc4)c23)c2c(n(-c3ccc(C#N)cc3)c3ccccc23)C1. The van der Waals surface area contributed by atoms with Crippen LogP contribution in [0.5, 0.6) is 0 Å². The van der Waals surface area contributed by atoms with Crippen molar-refractivity contribution >= 4 is 38.3 Å². The molecule has 0 saturated heterocycles. The third-order valence-electron chi connectivity index (χ3n) is 9.68. The summed E-state index contributed by atoms with van der Waals surface area (Å²) in [4.78, 5) is 0. The maximum absolute atomic E-state index is 9.46. The lowest BCUT2D eigenvalue weighted by atomic mass is 9.82. The molecule has 0 fully saturated rings. The fourth-order valence-corrected chi connectivity index (χ4v) is 7.76. The van der Waals surface area contributed by atoms with Gasteiger partial charge >= 0.3 is 0 Å². The van der Waals surface area contributed by atoms with Gasteiger partial charge in [0.15, 0.2) is 0 Å². The predicted octanol–water partition coefficient (Wildman–Crippen LogP) is 10.9. The van der Waals surface area contributed by atoms with Crippen LogP contribution in [0.1, 0.15) is 29.3 Å². The molecule has 1 aliphatic rings. The Morgan fingerprint density at radius 3 is 1.91 bits per heavy atom. The van der Waals surface area contributed by atoms with Crippen molar-refractivity contribution in [3.8, 4) is 28.6 Å². The summed E-state index contributed by atoms with van der Waals surface area (Å²) in [5.74, 6) is 0.346. The maximum Gasteiger partial charge on any atom is 0.0991 e. The number of para-hydroxylation sites is 4. The van der Waals surface area contributed by atoms with Crippen LogP contribution in [-0.4, -0.2) is 9.13 Å². The predicted molar refractivity (Wildman–Crippen MR) is 194 cm³/mol. The molecular formula is C44H31N3. The molecule has 6 aromatic carbocycles. The molecule has 0 aliphatic heterocycles. The van der Waals surface area contributed by atoms with E-state index in [-0.39, 0.29) is 0 Å². The Labute approximate surface area is 273 Å². The summed E-state index contributed by atoms with van der Waals surface area (Å²) >= 11 is 0. The summed E-state index contributed by atoms with van der Waals surface area (Å²) < 4.78 is 4.84. The smallest absolute Gasteiger partial charge is 0.0991 e. The van der Waals surface area contributed by atoms with Gasteiger partial charge in [-0.3, -0.25) is 0 Å². The molecule has 0 saturated carbocycles. The molecule has 0 spiro atoms. The number of fused-ring (bicyclic) bond motifs is 6. The van der Waals surface area contributed by atoms with Gasteiger partial charge in [-0.1, -0.05) is 110 Å². The number of hydrogen-bond acceptors (Lipinski definition) is 1. The fourth-order valence-electron chi connectivity index (χ4n) is 7.76. The van der Waals surface area contributed by atoms with Gasteiger partial charge in [-0.2, -0.15) is 5.26 Å². The largest absolute Gasteiger partial charge is 0.313 e. The molecule has 0 radical (unpaired) electrons. The molecule has 2 heterocycles. The lowest BCUT2D eigenvalue weighted by Crippen LogP contribution is -2.12. The van der Waals surface area contributed by atoms with E-state index in [9.17, 15) is 5.26 Å². The van der Waals surface area contributed by atoms with Gasteiger partial charge in [-0.05, 0) is 77.6 Å². The first-order chi connectivity index (χ1) is 23.2. The molecule has 0 N–H and O–H groups in total. The van der Waals surface area contributed by atoms with Gasteiger partial charge in [0.05, 0.1) is 28.2 Å². The molecule has 47 heavy (non-hydrogen) atoms. The van der Waals surface area contributed by atoms with Crippen molar-refractivity contribution in [3.63, 3.8) is 0 Å². The van der Waals surface area contributed by atoms with E-state index in [4.69, 9.17) is 0 Å². The van der Waals surface area contributed by atoms with Crippen molar-refractivity contribution in [3.05, 3.63) is 174 Å².